The number of nitrogens with one attached hydrogen (secondary N) is 2. The van der Waals surface area contributed by atoms with E-state index in [1.54, 1.807) is 0 Å². The second-order valence-electron chi connectivity index (χ2n) is 7.18. The van der Waals surface area contributed by atoms with E-state index in [0.717, 1.165) is 12.1 Å². The summed E-state index contributed by atoms with van der Waals surface area (Å²) >= 11 is 0. The van der Waals surface area contributed by atoms with E-state index in [4.69, 9.17) is 9.84 Å². The van der Waals surface area contributed by atoms with Crippen molar-refractivity contribution < 1.29 is 45.8 Å². The van der Waals surface area contributed by atoms with Crippen molar-refractivity contribution in [2.24, 2.45) is 0 Å². The zero-order chi connectivity index (χ0) is 25.4. The molecule has 12 heteroatoms. The highest BCUT2D eigenvalue weighted by Crippen LogP contribution is 2.29. The summed E-state index contributed by atoms with van der Waals surface area (Å²) in [5, 5.41) is 13.8. The highest BCUT2D eigenvalue weighted by molar-refractivity contribution is 5.97. The molecule has 186 valence electrons. The molecule has 34 heavy (non-hydrogen) atoms. The van der Waals surface area contributed by atoms with Gasteiger partial charge in [0.25, 0.3) is 5.91 Å². The van der Waals surface area contributed by atoms with Crippen LogP contribution in [0.5, 0.6) is 5.75 Å². The monoisotopic (exact) mass is 492 g/mol. The summed E-state index contributed by atoms with van der Waals surface area (Å²) in [5.41, 5.74) is -0.430. The first kappa shape index (κ1) is 27.0. The van der Waals surface area contributed by atoms with E-state index in [1.165, 1.54) is 36.4 Å². The minimum atomic E-state index is -4.52. The fourth-order valence-electron chi connectivity index (χ4n) is 2.81. The predicted octanol–water partition coefficient (Wildman–Crippen LogP) is 3.49. The van der Waals surface area contributed by atoms with Gasteiger partial charge in [-0.2, -0.15) is 26.3 Å². The Labute approximate surface area is 190 Å². The van der Waals surface area contributed by atoms with Gasteiger partial charge in [0.2, 0.25) is 5.91 Å². The molecule has 2 rings (SSSR count). The van der Waals surface area contributed by atoms with Gasteiger partial charge >= 0.3 is 12.4 Å². The van der Waals surface area contributed by atoms with Crippen LogP contribution < -0.4 is 15.4 Å². The van der Waals surface area contributed by atoms with Crippen LogP contribution >= 0.6 is 0 Å². The lowest BCUT2D eigenvalue weighted by atomic mass is 10.0. The zero-order valence-electron chi connectivity index (χ0n) is 17.7. The number of benzene rings is 2. The number of carbonyl (C=O) groups is 2. The van der Waals surface area contributed by atoms with E-state index >= 15 is 0 Å². The van der Waals surface area contributed by atoms with E-state index in [1.807, 2.05) is 0 Å². The van der Waals surface area contributed by atoms with Gasteiger partial charge in [-0.3, -0.25) is 9.59 Å². The van der Waals surface area contributed by atoms with Crippen LogP contribution in [0, 0.1) is 0 Å². The number of rotatable bonds is 10. The molecule has 0 bridgehead atoms. The molecule has 0 aromatic heterocycles. The molecule has 0 heterocycles. The van der Waals surface area contributed by atoms with Crippen LogP contribution in [-0.4, -0.2) is 48.9 Å². The number of carbonyl (C=O) groups excluding carboxylic acids is 2. The van der Waals surface area contributed by atoms with E-state index in [2.05, 4.69) is 10.6 Å². The molecule has 2 aromatic carbocycles. The lowest BCUT2D eigenvalue weighted by molar-refractivity contribution is -0.139. The molecule has 0 aliphatic rings. The van der Waals surface area contributed by atoms with Gasteiger partial charge in [-0.15, -0.1) is 0 Å². The molecule has 3 N–H and O–H groups in total. The van der Waals surface area contributed by atoms with Crippen molar-refractivity contribution in [2.75, 3.05) is 19.8 Å². The normalized spacial score (nSPS) is 12.7. The summed E-state index contributed by atoms with van der Waals surface area (Å²) in [4.78, 5) is 25.0. The maximum atomic E-state index is 12.8. The number of hydrogen-bond acceptors (Lipinski definition) is 4. The highest BCUT2D eigenvalue weighted by atomic mass is 19.4. The Bertz CT molecular complexity index is 944. The first-order valence-corrected chi connectivity index (χ1v) is 10.0. The standard InChI is InChI=1S/C22H22F6N2O4/c23-21(24,25)9-12-34-17-7-3-15(4-8-17)19(32)30-18(20(33)29-10-11-31)13-14-1-5-16(6-2-14)22(26,27)28/h1-8,18,31H,9-13H2,(H,29,33)(H,30,32). The Morgan fingerprint density at radius 2 is 1.56 bits per heavy atom. The molecule has 0 fully saturated rings. The van der Waals surface area contributed by atoms with Crippen LogP contribution in [0.1, 0.15) is 27.9 Å². The molecule has 0 aliphatic heterocycles. The third kappa shape index (κ3) is 8.93. The lowest BCUT2D eigenvalue weighted by Gasteiger charge is -2.19. The molecule has 0 spiro atoms. The highest BCUT2D eigenvalue weighted by Gasteiger charge is 2.30. The summed E-state index contributed by atoms with van der Waals surface area (Å²) in [6.07, 6.45) is -10.1. The number of amides is 2. The van der Waals surface area contributed by atoms with Gasteiger partial charge in [0.05, 0.1) is 25.2 Å². The van der Waals surface area contributed by atoms with E-state index < -0.39 is 48.8 Å². The van der Waals surface area contributed by atoms with Crippen molar-refractivity contribution in [3.8, 4) is 5.75 Å². The first-order chi connectivity index (χ1) is 15.9. The third-order valence-corrected chi connectivity index (χ3v) is 4.52. The van der Waals surface area contributed by atoms with E-state index in [9.17, 15) is 35.9 Å². The maximum Gasteiger partial charge on any atom is 0.416 e. The van der Waals surface area contributed by atoms with Crippen LogP contribution in [0.3, 0.4) is 0 Å². The second kappa shape index (κ2) is 11.7. The van der Waals surface area contributed by atoms with Gasteiger partial charge in [0, 0.05) is 18.5 Å². The Morgan fingerprint density at radius 3 is 2.09 bits per heavy atom. The summed E-state index contributed by atoms with van der Waals surface area (Å²) in [6, 6.07) is 8.10. The fourth-order valence-corrected chi connectivity index (χ4v) is 2.81. The molecular weight excluding hydrogens is 470 g/mol. The Morgan fingerprint density at radius 1 is 0.941 bits per heavy atom. The minimum Gasteiger partial charge on any atom is -0.493 e. The van der Waals surface area contributed by atoms with E-state index in [0.29, 0.717) is 5.56 Å². The molecule has 6 nitrogen and oxygen atoms in total. The number of ether oxygens (including phenoxy) is 1. The van der Waals surface area contributed by atoms with Gasteiger partial charge in [0.1, 0.15) is 11.8 Å². The fraction of sp³-hybridized carbons (Fsp3) is 0.364. The van der Waals surface area contributed by atoms with Crippen LogP contribution in [0.15, 0.2) is 48.5 Å². The summed E-state index contributed by atoms with van der Waals surface area (Å²) in [6.45, 7) is -1.04. The number of aliphatic hydroxyl groups excluding tert-OH is 1. The molecule has 1 unspecified atom stereocenters. The third-order valence-electron chi connectivity index (χ3n) is 4.52. The lowest BCUT2D eigenvalue weighted by Crippen LogP contribution is -2.48. The van der Waals surface area contributed by atoms with Gasteiger partial charge in [0.15, 0.2) is 0 Å². The average molecular weight is 492 g/mol. The number of halogens is 6. The number of aliphatic hydroxyl groups is 1. The number of hydrogen-bond donors (Lipinski definition) is 3. The predicted molar refractivity (Wildman–Crippen MR) is 109 cm³/mol. The second-order valence-corrected chi connectivity index (χ2v) is 7.18. The molecule has 0 saturated heterocycles. The molecule has 0 radical (unpaired) electrons. The number of alkyl halides is 6. The molecular formula is C22H22F6N2O4. The van der Waals surface area contributed by atoms with Crippen molar-refractivity contribution in [3.63, 3.8) is 0 Å². The summed E-state index contributed by atoms with van der Waals surface area (Å²) < 4.78 is 79.8. The van der Waals surface area contributed by atoms with Crippen molar-refractivity contribution in [3.05, 3.63) is 65.2 Å². The Balaban J connectivity index is 2.07. The smallest absolute Gasteiger partial charge is 0.416 e. The molecule has 0 aliphatic carbocycles. The molecule has 1 atom stereocenters. The first-order valence-electron chi connectivity index (χ1n) is 10.0. The van der Waals surface area contributed by atoms with Crippen molar-refractivity contribution in [1.29, 1.82) is 0 Å². The van der Waals surface area contributed by atoms with E-state index in [-0.39, 0.29) is 30.9 Å². The van der Waals surface area contributed by atoms with Crippen LogP contribution in [0.2, 0.25) is 0 Å². The summed E-state index contributed by atoms with van der Waals surface area (Å²) in [5.74, 6) is -1.24. The molecule has 2 amide bonds. The van der Waals surface area contributed by atoms with Gasteiger partial charge in [-0.25, -0.2) is 0 Å². The zero-order valence-corrected chi connectivity index (χ0v) is 17.7. The van der Waals surface area contributed by atoms with Gasteiger partial charge in [-0.1, -0.05) is 12.1 Å². The van der Waals surface area contributed by atoms with Crippen LogP contribution in [0.25, 0.3) is 0 Å². The molecule has 2 aromatic rings. The van der Waals surface area contributed by atoms with Crippen molar-refractivity contribution in [1.82, 2.24) is 10.6 Å². The quantitative estimate of drug-likeness (QED) is 0.444. The largest absolute Gasteiger partial charge is 0.493 e. The topological polar surface area (TPSA) is 87.7 Å². The van der Waals surface area contributed by atoms with Crippen LogP contribution in [-0.2, 0) is 17.4 Å². The molecule has 0 saturated carbocycles. The maximum absolute atomic E-state index is 12.8. The Kier molecular flexibility index (Phi) is 9.30. The van der Waals surface area contributed by atoms with Gasteiger partial charge < -0.3 is 20.5 Å². The SMILES string of the molecule is O=C(NC(Cc1ccc(C(F)(F)F)cc1)C(=O)NCCO)c1ccc(OCCC(F)(F)F)cc1. The van der Waals surface area contributed by atoms with Crippen LogP contribution in [0.4, 0.5) is 26.3 Å². The minimum absolute atomic E-state index is 0.0792. The Hall–Kier alpha value is -3.28. The van der Waals surface area contributed by atoms with Crippen molar-refractivity contribution >= 4 is 11.8 Å². The van der Waals surface area contributed by atoms with Gasteiger partial charge in [-0.05, 0) is 42.0 Å². The average Bonchev–Trinajstić information content (AvgIpc) is 2.76. The summed E-state index contributed by atoms with van der Waals surface area (Å²) in [7, 11) is 0. The van der Waals surface area contributed by atoms with Crippen molar-refractivity contribution in [2.45, 2.75) is 31.2 Å².